The van der Waals surface area contributed by atoms with Gasteiger partial charge in [-0.15, -0.1) is 0 Å². The van der Waals surface area contributed by atoms with Gasteiger partial charge in [0.15, 0.2) is 11.5 Å². The fourth-order valence-electron chi connectivity index (χ4n) is 2.65. The molecule has 0 aliphatic rings. The Balaban J connectivity index is 2.32. The number of nitriles is 1. The van der Waals surface area contributed by atoms with Gasteiger partial charge in [-0.25, -0.2) is 0 Å². The average Bonchev–Trinajstić information content (AvgIpc) is 2.66. The Morgan fingerprint density at radius 1 is 1.24 bits per heavy atom. The number of hydrogen-bond acceptors (Lipinski definition) is 4. The molecule has 6 heteroatoms. The molecular weight excluding hydrogens is 432 g/mol. The molecule has 1 amide bonds. The zero-order valence-corrected chi connectivity index (χ0v) is 18.7. The van der Waals surface area contributed by atoms with Crippen LogP contribution in [-0.2, 0) is 11.4 Å². The predicted molar refractivity (Wildman–Crippen MR) is 118 cm³/mol. The molecule has 0 fully saturated rings. The first-order valence-electron chi connectivity index (χ1n) is 9.41. The van der Waals surface area contributed by atoms with E-state index >= 15 is 0 Å². The van der Waals surface area contributed by atoms with Gasteiger partial charge in [0.05, 0.1) is 6.61 Å². The number of rotatable bonds is 8. The zero-order valence-electron chi connectivity index (χ0n) is 17.1. The summed E-state index contributed by atoms with van der Waals surface area (Å²) < 4.78 is 12.4. The maximum atomic E-state index is 12.2. The lowest BCUT2D eigenvalue weighted by molar-refractivity contribution is -0.117. The first-order valence-corrected chi connectivity index (χ1v) is 10.2. The SMILES string of the molecule is CCOc1cc(/C=C(/C#N)C(=O)NC(C)C)c(Br)cc1OCc1cccc(C)c1. The molecule has 0 aliphatic heterocycles. The molecule has 0 saturated heterocycles. The number of aryl methyl sites for hydroxylation is 1. The topological polar surface area (TPSA) is 71.3 Å². The van der Waals surface area contributed by atoms with Gasteiger partial charge in [-0.05, 0) is 57.0 Å². The number of ether oxygens (including phenoxy) is 2. The van der Waals surface area contributed by atoms with Gasteiger partial charge in [-0.3, -0.25) is 4.79 Å². The highest BCUT2D eigenvalue weighted by Crippen LogP contribution is 2.35. The van der Waals surface area contributed by atoms with Crippen LogP contribution >= 0.6 is 15.9 Å². The second kappa shape index (κ2) is 10.7. The summed E-state index contributed by atoms with van der Waals surface area (Å²) in [6.07, 6.45) is 1.54. The molecule has 152 valence electrons. The van der Waals surface area contributed by atoms with Crippen LogP contribution in [0.2, 0.25) is 0 Å². The molecule has 2 aromatic carbocycles. The van der Waals surface area contributed by atoms with Crippen molar-refractivity contribution in [2.45, 2.75) is 40.3 Å². The molecule has 5 nitrogen and oxygen atoms in total. The van der Waals surface area contributed by atoms with E-state index in [-0.39, 0.29) is 11.6 Å². The predicted octanol–water partition coefficient (Wildman–Crippen LogP) is 5.17. The highest BCUT2D eigenvalue weighted by molar-refractivity contribution is 9.10. The van der Waals surface area contributed by atoms with Gasteiger partial charge in [0.25, 0.3) is 5.91 Å². The molecule has 2 aromatic rings. The fourth-order valence-corrected chi connectivity index (χ4v) is 3.09. The van der Waals surface area contributed by atoms with Gasteiger partial charge < -0.3 is 14.8 Å². The van der Waals surface area contributed by atoms with Gasteiger partial charge in [-0.1, -0.05) is 45.8 Å². The molecule has 0 spiro atoms. The molecule has 1 N–H and O–H groups in total. The third kappa shape index (κ3) is 6.65. The molecule has 0 atom stereocenters. The summed E-state index contributed by atoms with van der Waals surface area (Å²) in [6, 6.07) is 13.6. The van der Waals surface area contributed by atoms with Crippen molar-refractivity contribution < 1.29 is 14.3 Å². The van der Waals surface area contributed by atoms with Crippen LogP contribution in [0.5, 0.6) is 11.5 Å². The monoisotopic (exact) mass is 456 g/mol. The average molecular weight is 457 g/mol. The first-order chi connectivity index (χ1) is 13.8. The minimum Gasteiger partial charge on any atom is -0.490 e. The number of amides is 1. The third-order valence-electron chi connectivity index (χ3n) is 3.92. The minimum absolute atomic E-state index is 0.0234. The van der Waals surface area contributed by atoms with Crippen LogP contribution in [-0.4, -0.2) is 18.6 Å². The summed E-state index contributed by atoms with van der Waals surface area (Å²) in [7, 11) is 0. The van der Waals surface area contributed by atoms with Crippen molar-refractivity contribution in [3.8, 4) is 17.6 Å². The Morgan fingerprint density at radius 2 is 1.97 bits per heavy atom. The second-order valence-electron chi connectivity index (χ2n) is 6.83. The van der Waals surface area contributed by atoms with Crippen molar-refractivity contribution in [3.05, 3.63) is 63.1 Å². The van der Waals surface area contributed by atoms with Gasteiger partial charge in [0.1, 0.15) is 18.2 Å². The van der Waals surface area contributed by atoms with Crippen LogP contribution in [0.1, 0.15) is 37.5 Å². The standard InChI is InChI=1S/C23H25BrN2O3/c1-5-28-21-11-18(10-19(13-25)23(27)26-15(2)3)20(24)12-22(21)29-14-17-8-6-7-16(4)9-17/h6-12,15H,5,14H2,1-4H3,(H,26,27)/b19-10-. The van der Waals surface area contributed by atoms with E-state index in [4.69, 9.17) is 9.47 Å². The van der Waals surface area contributed by atoms with E-state index in [1.807, 2.05) is 52.0 Å². The van der Waals surface area contributed by atoms with Crippen LogP contribution in [0, 0.1) is 18.3 Å². The lowest BCUT2D eigenvalue weighted by Gasteiger charge is -2.14. The van der Waals surface area contributed by atoms with Crippen LogP contribution in [0.15, 0.2) is 46.4 Å². The van der Waals surface area contributed by atoms with Crippen molar-refractivity contribution in [1.29, 1.82) is 5.26 Å². The van der Waals surface area contributed by atoms with Gasteiger partial charge in [-0.2, -0.15) is 5.26 Å². The van der Waals surface area contributed by atoms with E-state index in [0.717, 1.165) is 5.56 Å². The summed E-state index contributed by atoms with van der Waals surface area (Å²) in [5, 5.41) is 12.1. The molecule has 0 unspecified atom stereocenters. The fraction of sp³-hybridized carbons (Fsp3) is 0.304. The summed E-state index contributed by atoms with van der Waals surface area (Å²) >= 11 is 3.51. The molecular formula is C23H25BrN2O3. The quantitative estimate of drug-likeness (QED) is 0.439. The van der Waals surface area contributed by atoms with Gasteiger partial charge in [0, 0.05) is 10.5 Å². The molecule has 2 rings (SSSR count). The largest absolute Gasteiger partial charge is 0.490 e. The molecule has 0 aromatic heterocycles. The van der Waals surface area contributed by atoms with Crippen LogP contribution in [0.3, 0.4) is 0 Å². The Kier molecular flexibility index (Phi) is 8.29. The van der Waals surface area contributed by atoms with Crippen LogP contribution < -0.4 is 14.8 Å². The van der Waals surface area contributed by atoms with E-state index < -0.39 is 5.91 Å². The zero-order chi connectivity index (χ0) is 21.4. The molecule has 29 heavy (non-hydrogen) atoms. The number of hydrogen-bond donors (Lipinski definition) is 1. The summed E-state index contributed by atoms with van der Waals surface area (Å²) in [4.78, 5) is 12.2. The number of halogens is 1. The smallest absolute Gasteiger partial charge is 0.262 e. The highest BCUT2D eigenvalue weighted by atomic mass is 79.9. The summed E-state index contributed by atoms with van der Waals surface area (Å²) in [5.41, 5.74) is 2.91. The van der Waals surface area contributed by atoms with Gasteiger partial charge in [0.2, 0.25) is 0 Å². The Labute approximate surface area is 180 Å². The van der Waals surface area contributed by atoms with Crippen LogP contribution in [0.25, 0.3) is 6.08 Å². The maximum Gasteiger partial charge on any atom is 0.262 e. The van der Waals surface area contributed by atoms with E-state index in [2.05, 4.69) is 27.3 Å². The minimum atomic E-state index is -0.410. The molecule has 0 radical (unpaired) electrons. The molecule has 0 bridgehead atoms. The van der Waals surface area contributed by atoms with E-state index in [1.165, 1.54) is 11.6 Å². The van der Waals surface area contributed by atoms with Crippen molar-refractivity contribution >= 4 is 27.9 Å². The lowest BCUT2D eigenvalue weighted by atomic mass is 10.1. The van der Waals surface area contributed by atoms with Gasteiger partial charge >= 0.3 is 0 Å². The summed E-state index contributed by atoms with van der Waals surface area (Å²) in [5.74, 6) is 0.728. The number of carbonyl (C=O) groups excluding carboxylic acids is 1. The molecule has 0 saturated carbocycles. The van der Waals surface area contributed by atoms with Crippen LogP contribution in [0.4, 0.5) is 0 Å². The molecule has 0 aliphatic carbocycles. The summed E-state index contributed by atoms with van der Waals surface area (Å²) in [6.45, 7) is 8.48. The Bertz CT molecular complexity index is 946. The first kappa shape index (κ1) is 22.5. The second-order valence-corrected chi connectivity index (χ2v) is 7.68. The normalized spacial score (nSPS) is 11.1. The maximum absolute atomic E-state index is 12.2. The van der Waals surface area contributed by atoms with Crippen molar-refractivity contribution in [2.24, 2.45) is 0 Å². The van der Waals surface area contributed by atoms with Crippen molar-refractivity contribution in [1.82, 2.24) is 5.32 Å². The lowest BCUT2D eigenvalue weighted by Crippen LogP contribution is -2.30. The number of nitrogens with zero attached hydrogens (tertiary/aromatic N) is 1. The Morgan fingerprint density at radius 3 is 2.59 bits per heavy atom. The van der Waals surface area contributed by atoms with E-state index in [0.29, 0.717) is 34.7 Å². The van der Waals surface area contributed by atoms with E-state index in [1.54, 1.807) is 12.1 Å². The number of nitrogens with one attached hydrogen (secondary N) is 1. The molecule has 0 heterocycles. The number of carbonyl (C=O) groups is 1. The van der Waals surface area contributed by atoms with Crippen molar-refractivity contribution in [3.63, 3.8) is 0 Å². The Hall–Kier alpha value is -2.78. The number of benzene rings is 2. The van der Waals surface area contributed by atoms with E-state index in [9.17, 15) is 10.1 Å². The highest BCUT2D eigenvalue weighted by Gasteiger charge is 2.14. The van der Waals surface area contributed by atoms with Crippen molar-refractivity contribution in [2.75, 3.05) is 6.61 Å². The third-order valence-corrected chi connectivity index (χ3v) is 4.61.